The molecule has 98 valence electrons. The summed E-state index contributed by atoms with van der Waals surface area (Å²) < 4.78 is 0. The van der Waals surface area contributed by atoms with E-state index in [4.69, 9.17) is 10.8 Å². The number of hydrogen-bond acceptors (Lipinski definition) is 3. The molecule has 1 aromatic rings. The van der Waals surface area contributed by atoms with Gasteiger partial charge in [-0.25, -0.2) is 0 Å². The van der Waals surface area contributed by atoms with Gasteiger partial charge in [0.25, 0.3) is 0 Å². The van der Waals surface area contributed by atoms with Crippen LogP contribution in [-0.4, -0.2) is 29.6 Å². The van der Waals surface area contributed by atoms with Gasteiger partial charge in [0.05, 0.1) is 12.5 Å². The molecule has 0 saturated heterocycles. The maximum atomic E-state index is 11.9. The third-order valence-electron chi connectivity index (χ3n) is 2.55. The number of anilines is 1. The summed E-state index contributed by atoms with van der Waals surface area (Å²) in [6.45, 7) is 3.65. The van der Waals surface area contributed by atoms with E-state index < -0.39 is 12.0 Å². The molecule has 1 rings (SSSR count). The fraction of sp³-hybridized carbons (Fsp3) is 0.385. The van der Waals surface area contributed by atoms with Crippen molar-refractivity contribution in [3.05, 3.63) is 29.8 Å². The third-order valence-corrected chi connectivity index (χ3v) is 2.55. The van der Waals surface area contributed by atoms with Gasteiger partial charge in [-0.3, -0.25) is 9.59 Å². The van der Waals surface area contributed by atoms with E-state index in [1.165, 1.54) is 4.90 Å². The molecule has 0 bridgehead atoms. The first kappa shape index (κ1) is 14.2. The number of aliphatic carboxylic acids is 1. The number of nitrogens with zero attached hydrogens (tertiary/aromatic N) is 1. The lowest BCUT2D eigenvalue weighted by Crippen LogP contribution is -2.43. The molecule has 0 aromatic heterocycles. The Hall–Kier alpha value is -1.88. The number of hydrogen-bond donors (Lipinski definition) is 2. The minimum absolute atomic E-state index is 0.105. The zero-order valence-electron chi connectivity index (χ0n) is 10.6. The van der Waals surface area contributed by atoms with Crippen LogP contribution in [0.5, 0.6) is 0 Å². The highest BCUT2D eigenvalue weighted by Gasteiger charge is 2.19. The number of amides is 1. The number of carbonyl (C=O) groups is 2. The Morgan fingerprint density at radius 3 is 2.33 bits per heavy atom. The fourth-order valence-corrected chi connectivity index (χ4v) is 1.54. The summed E-state index contributed by atoms with van der Waals surface area (Å²) >= 11 is 0. The first-order chi connectivity index (χ1) is 8.41. The molecule has 0 heterocycles. The molecule has 1 amide bonds. The average Bonchev–Trinajstić information content (AvgIpc) is 2.30. The van der Waals surface area contributed by atoms with Gasteiger partial charge in [0, 0.05) is 12.2 Å². The minimum Gasteiger partial charge on any atom is -0.481 e. The number of carboxylic acid groups (broad SMARTS) is 1. The third kappa shape index (κ3) is 3.85. The van der Waals surface area contributed by atoms with Gasteiger partial charge in [-0.15, -0.1) is 0 Å². The van der Waals surface area contributed by atoms with Crippen LogP contribution < -0.4 is 10.6 Å². The second-order valence-corrected chi connectivity index (χ2v) is 4.26. The molecule has 1 atom stereocenters. The standard InChI is InChI=1S/C13H18N2O3/c1-9-3-5-11(6-4-9)15(8-7-12(16)17)13(18)10(2)14/h3-6,10H,7-8,14H2,1-2H3,(H,16,17)/t10-/m1/s1. The summed E-state index contributed by atoms with van der Waals surface area (Å²) in [5.74, 6) is -1.22. The number of carboxylic acids is 1. The molecule has 0 aliphatic carbocycles. The molecule has 3 N–H and O–H groups in total. The summed E-state index contributed by atoms with van der Waals surface area (Å²) in [5.41, 5.74) is 7.32. The fourth-order valence-electron chi connectivity index (χ4n) is 1.54. The SMILES string of the molecule is Cc1ccc(N(CCC(=O)O)C(=O)[C@@H](C)N)cc1. The summed E-state index contributed by atoms with van der Waals surface area (Å²) in [5, 5.41) is 8.70. The molecule has 0 fully saturated rings. The van der Waals surface area contributed by atoms with Crippen molar-refractivity contribution >= 4 is 17.6 Å². The van der Waals surface area contributed by atoms with Gasteiger partial charge in [-0.1, -0.05) is 17.7 Å². The van der Waals surface area contributed by atoms with E-state index in [0.717, 1.165) is 5.56 Å². The summed E-state index contributed by atoms with van der Waals surface area (Å²) in [6.07, 6.45) is -0.105. The minimum atomic E-state index is -0.940. The quantitative estimate of drug-likeness (QED) is 0.821. The van der Waals surface area contributed by atoms with E-state index in [0.29, 0.717) is 5.69 Å². The number of carbonyl (C=O) groups excluding carboxylic acids is 1. The van der Waals surface area contributed by atoms with Crippen molar-refractivity contribution in [3.63, 3.8) is 0 Å². The highest BCUT2D eigenvalue weighted by Crippen LogP contribution is 2.16. The van der Waals surface area contributed by atoms with Crippen LogP contribution in [0.25, 0.3) is 0 Å². The Balaban J connectivity index is 2.92. The van der Waals surface area contributed by atoms with Crippen molar-refractivity contribution in [1.29, 1.82) is 0 Å². The first-order valence-electron chi connectivity index (χ1n) is 5.77. The number of aryl methyl sites for hydroxylation is 1. The summed E-state index contributed by atoms with van der Waals surface area (Å²) in [7, 11) is 0. The molecular weight excluding hydrogens is 232 g/mol. The predicted molar refractivity (Wildman–Crippen MR) is 69.4 cm³/mol. The molecule has 0 spiro atoms. The van der Waals surface area contributed by atoms with Crippen molar-refractivity contribution in [3.8, 4) is 0 Å². The van der Waals surface area contributed by atoms with Crippen LogP contribution in [0.3, 0.4) is 0 Å². The van der Waals surface area contributed by atoms with Crippen LogP contribution in [0, 0.1) is 6.92 Å². The highest BCUT2D eigenvalue weighted by molar-refractivity contribution is 5.97. The van der Waals surface area contributed by atoms with E-state index >= 15 is 0 Å². The van der Waals surface area contributed by atoms with E-state index in [1.807, 2.05) is 19.1 Å². The van der Waals surface area contributed by atoms with Gasteiger partial charge < -0.3 is 15.7 Å². The van der Waals surface area contributed by atoms with Crippen molar-refractivity contribution in [1.82, 2.24) is 0 Å². The second kappa shape index (κ2) is 6.16. The molecular formula is C13H18N2O3. The normalized spacial score (nSPS) is 11.9. The molecule has 5 heteroatoms. The topological polar surface area (TPSA) is 83.6 Å². The van der Waals surface area contributed by atoms with Crippen molar-refractivity contribution in [2.24, 2.45) is 5.73 Å². The zero-order chi connectivity index (χ0) is 13.7. The Morgan fingerprint density at radius 1 is 1.33 bits per heavy atom. The largest absolute Gasteiger partial charge is 0.481 e. The molecule has 18 heavy (non-hydrogen) atoms. The Bertz CT molecular complexity index is 426. The van der Waals surface area contributed by atoms with Gasteiger partial charge in [0.2, 0.25) is 5.91 Å². The first-order valence-corrected chi connectivity index (χ1v) is 5.77. The molecule has 0 unspecified atom stereocenters. The summed E-state index contributed by atoms with van der Waals surface area (Å²) in [6, 6.07) is 6.67. The Labute approximate surface area is 106 Å². The maximum absolute atomic E-state index is 11.9. The lowest BCUT2D eigenvalue weighted by molar-refractivity contribution is -0.136. The van der Waals surface area contributed by atoms with Gasteiger partial charge in [-0.2, -0.15) is 0 Å². The lowest BCUT2D eigenvalue weighted by atomic mass is 10.2. The van der Waals surface area contributed by atoms with Crippen molar-refractivity contribution in [2.45, 2.75) is 26.3 Å². The monoisotopic (exact) mass is 250 g/mol. The highest BCUT2D eigenvalue weighted by atomic mass is 16.4. The summed E-state index contributed by atoms with van der Waals surface area (Å²) in [4.78, 5) is 24.0. The van der Waals surface area contributed by atoms with Crippen LogP contribution >= 0.6 is 0 Å². The zero-order valence-corrected chi connectivity index (χ0v) is 10.6. The molecule has 0 radical (unpaired) electrons. The number of rotatable bonds is 5. The molecule has 5 nitrogen and oxygen atoms in total. The molecule has 0 aliphatic heterocycles. The number of nitrogens with two attached hydrogens (primary N) is 1. The van der Waals surface area contributed by atoms with Crippen molar-refractivity contribution in [2.75, 3.05) is 11.4 Å². The van der Waals surface area contributed by atoms with Crippen LogP contribution in [0.2, 0.25) is 0 Å². The van der Waals surface area contributed by atoms with Crippen LogP contribution in [0.4, 0.5) is 5.69 Å². The van der Waals surface area contributed by atoms with Crippen LogP contribution in [0.15, 0.2) is 24.3 Å². The smallest absolute Gasteiger partial charge is 0.305 e. The van der Waals surface area contributed by atoms with Gasteiger partial charge in [-0.05, 0) is 26.0 Å². The Morgan fingerprint density at radius 2 is 1.89 bits per heavy atom. The van der Waals surface area contributed by atoms with Crippen LogP contribution in [0.1, 0.15) is 18.9 Å². The Kier molecular flexibility index (Phi) is 4.85. The van der Waals surface area contributed by atoms with Gasteiger partial charge >= 0.3 is 5.97 Å². The van der Waals surface area contributed by atoms with Gasteiger partial charge in [0.1, 0.15) is 0 Å². The predicted octanol–water partition coefficient (Wildman–Crippen LogP) is 1.15. The van der Waals surface area contributed by atoms with E-state index in [-0.39, 0.29) is 18.9 Å². The van der Waals surface area contributed by atoms with Crippen LogP contribution in [-0.2, 0) is 9.59 Å². The van der Waals surface area contributed by atoms with Gasteiger partial charge in [0.15, 0.2) is 0 Å². The molecule has 0 saturated carbocycles. The molecule has 1 aromatic carbocycles. The second-order valence-electron chi connectivity index (χ2n) is 4.26. The maximum Gasteiger partial charge on any atom is 0.305 e. The lowest BCUT2D eigenvalue weighted by Gasteiger charge is -2.24. The van der Waals surface area contributed by atoms with Crippen molar-refractivity contribution < 1.29 is 14.7 Å². The average molecular weight is 250 g/mol. The van der Waals surface area contributed by atoms with E-state index in [1.54, 1.807) is 19.1 Å². The van der Waals surface area contributed by atoms with E-state index in [9.17, 15) is 9.59 Å². The molecule has 0 aliphatic rings. The number of benzene rings is 1. The van der Waals surface area contributed by atoms with E-state index in [2.05, 4.69) is 0 Å².